The van der Waals surface area contributed by atoms with E-state index in [1.54, 1.807) is 6.92 Å². The van der Waals surface area contributed by atoms with Crippen LogP contribution in [0.1, 0.15) is 61.8 Å². The van der Waals surface area contributed by atoms with E-state index < -0.39 is 12.1 Å². The van der Waals surface area contributed by atoms with Crippen molar-refractivity contribution in [3.8, 4) is 5.75 Å². The third-order valence-electron chi connectivity index (χ3n) is 6.27. The van der Waals surface area contributed by atoms with Gasteiger partial charge in [-0.1, -0.05) is 44.4 Å². The minimum Gasteiger partial charge on any atom is -0.492 e. The molecule has 0 aliphatic heterocycles. The summed E-state index contributed by atoms with van der Waals surface area (Å²) in [5.41, 5.74) is 5.10. The molecule has 2 amide bonds. The van der Waals surface area contributed by atoms with Gasteiger partial charge in [0, 0.05) is 25.3 Å². The minimum atomic E-state index is -0.967. The zero-order valence-corrected chi connectivity index (χ0v) is 22.4. The SMILES string of the molecule is CCCCCCN(CCOc1ccc(CC(OCC)C(=O)O)cc1)C(=O)Nc1cc(C)c(C)cc1C. The molecule has 0 spiro atoms. The molecule has 1 unspecified atom stereocenters. The van der Waals surface area contributed by atoms with Gasteiger partial charge in [-0.2, -0.15) is 0 Å². The lowest BCUT2D eigenvalue weighted by molar-refractivity contribution is -0.149. The summed E-state index contributed by atoms with van der Waals surface area (Å²) in [4.78, 5) is 26.3. The fourth-order valence-corrected chi connectivity index (χ4v) is 3.96. The Morgan fingerprint density at radius 2 is 1.64 bits per heavy atom. The molecule has 2 aromatic rings. The number of carboxylic acids is 1. The third kappa shape index (κ3) is 9.53. The number of nitrogens with one attached hydrogen (secondary N) is 1. The third-order valence-corrected chi connectivity index (χ3v) is 6.27. The number of hydrogen-bond donors (Lipinski definition) is 2. The first-order valence-electron chi connectivity index (χ1n) is 12.9. The maximum atomic E-state index is 13.1. The standard InChI is InChI=1S/C29H42N2O5/c1-6-8-9-10-15-31(29(34)30-26-19-22(4)21(3)18-23(26)5)16-17-36-25-13-11-24(12-14-25)20-27(28(32)33)35-7-2/h11-14,18-19,27H,6-10,15-17,20H2,1-5H3,(H,30,34)(H,32,33). The maximum Gasteiger partial charge on any atom is 0.333 e. The fourth-order valence-electron chi connectivity index (χ4n) is 3.96. The summed E-state index contributed by atoms with van der Waals surface area (Å²) in [5, 5.41) is 12.4. The van der Waals surface area contributed by atoms with Gasteiger partial charge in [0.2, 0.25) is 0 Å². The zero-order chi connectivity index (χ0) is 26.5. The summed E-state index contributed by atoms with van der Waals surface area (Å²) in [6, 6.07) is 11.3. The number of aliphatic carboxylic acids is 1. The van der Waals surface area contributed by atoms with Gasteiger partial charge in [-0.15, -0.1) is 0 Å². The molecule has 0 saturated carbocycles. The lowest BCUT2D eigenvalue weighted by atomic mass is 10.1. The van der Waals surface area contributed by atoms with Gasteiger partial charge < -0.3 is 24.8 Å². The number of hydrogen-bond acceptors (Lipinski definition) is 4. The van der Waals surface area contributed by atoms with Crippen LogP contribution in [0.15, 0.2) is 36.4 Å². The highest BCUT2D eigenvalue weighted by molar-refractivity contribution is 5.90. The number of nitrogens with zero attached hydrogens (tertiary/aromatic N) is 1. The highest BCUT2D eigenvalue weighted by Crippen LogP contribution is 2.21. The molecule has 2 aromatic carbocycles. The van der Waals surface area contributed by atoms with E-state index in [1.165, 1.54) is 5.56 Å². The number of unbranched alkanes of at least 4 members (excludes halogenated alkanes) is 3. The molecule has 7 nitrogen and oxygen atoms in total. The van der Waals surface area contributed by atoms with Crippen LogP contribution in [-0.4, -0.2) is 54.4 Å². The zero-order valence-electron chi connectivity index (χ0n) is 22.4. The number of carboxylic acid groups (broad SMARTS) is 1. The van der Waals surface area contributed by atoms with Gasteiger partial charge in [-0.25, -0.2) is 9.59 Å². The van der Waals surface area contributed by atoms with Crippen molar-refractivity contribution in [1.29, 1.82) is 0 Å². The summed E-state index contributed by atoms with van der Waals surface area (Å²) >= 11 is 0. The molecule has 0 aliphatic carbocycles. The summed E-state index contributed by atoms with van der Waals surface area (Å²) in [5.74, 6) is -0.288. The van der Waals surface area contributed by atoms with Gasteiger partial charge in [0.05, 0.1) is 6.54 Å². The van der Waals surface area contributed by atoms with Crippen LogP contribution in [0.3, 0.4) is 0 Å². The molecule has 36 heavy (non-hydrogen) atoms. The van der Waals surface area contributed by atoms with Gasteiger partial charge in [0.15, 0.2) is 6.10 Å². The normalized spacial score (nSPS) is 11.7. The number of urea groups is 1. The number of carbonyl (C=O) groups excluding carboxylic acids is 1. The molecule has 0 radical (unpaired) electrons. The van der Waals surface area contributed by atoms with Crippen molar-refractivity contribution in [2.75, 3.05) is 31.6 Å². The van der Waals surface area contributed by atoms with Crippen molar-refractivity contribution < 1.29 is 24.2 Å². The highest BCUT2D eigenvalue weighted by atomic mass is 16.5. The lowest BCUT2D eigenvalue weighted by Gasteiger charge is -2.24. The Bertz CT molecular complexity index is 974. The summed E-state index contributed by atoms with van der Waals surface area (Å²) < 4.78 is 11.2. The number of carbonyl (C=O) groups is 2. The Balaban J connectivity index is 1.96. The first kappa shape index (κ1) is 29.2. The molecule has 2 N–H and O–H groups in total. The molecule has 0 aliphatic rings. The van der Waals surface area contributed by atoms with Crippen molar-refractivity contribution in [1.82, 2.24) is 4.90 Å². The van der Waals surface area contributed by atoms with Gasteiger partial charge in [0.1, 0.15) is 12.4 Å². The summed E-state index contributed by atoms with van der Waals surface area (Å²) in [7, 11) is 0. The molecule has 198 valence electrons. The molecule has 7 heteroatoms. The second kappa shape index (κ2) is 15.1. The molecular weight excluding hydrogens is 456 g/mol. The molecule has 0 bridgehead atoms. The van der Waals surface area contributed by atoms with E-state index in [9.17, 15) is 14.7 Å². The van der Waals surface area contributed by atoms with Crippen LogP contribution in [0, 0.1) is 20.8 Å². The van der Waals surface area contributed by atoms with E-state index in [1.807, 2.05) is 49.1 Å². The molecule has 1 atom stereocenters. The van der Waals surface area contributed by atoms with Crippen LogP contribution in [-0.2, 0) is 16.0 Å². The predicted molar refractivity (Wildman–Crippen MR) is 144 cm³/mol. The van der Waals surface area contributed by atoms with E-state index in [2.05, 4.69) is 25.2 Å². The maximum absolute atomic E-state index is 13.1. The lowest BCUT2D eigenvalue weighted by Crippen LogP contribution is -2.38. The Morgan fingerprint density at radius 1 is 0.944 bits per heavy atom. The molecule has 0 saturated heterocycles. The van der Waals surface area contributed by atoms with Crippen molar-refractivity contribution >= 4 is 17.7 Å². The Hall–Kier alpha value is -3.06. The van der Waals surface area contributed by atoms with Crippen LogP contribution < -0.4 is 10.1 Å². The number of amides is 2. The highest BCUT2D eigenvalue weighted by Gasteiger charge is 2.18. The first-order valence-corrected chi connectivity index (χ1v) is 12.9. The van der Waals surface area contributed by atoms with Gasteiger partial charge in [0.25, 0.3) is 0 Å². The van der Waals surface area contributed by atoms with E-state index in [-0.39, 0.29) is 6.03 Å². The Labute approximate surface area is 215 Å². The van der Waals surface area contributed by atoms with Crippen molar-refractivity contribution in [2.45, 2.75) is 72.8 Å². The quantitative estimate of drug-likeness (QED) is 0.288. The van der Waals surface area contributed by atoms with Crippen LogP contribution in [0.5, 0.6) is 5.75 Å². The van der Waals surface area contributed by atoms with Crippen LogP contribution >= 0.6 is 0 Å². The van der Waals surface area contributed by atoms with Gasteiger partial charge in [-0.05, 0) is 74.6 Å². The molecule has 0 aromatic heterocycles. The largest absolute Gasteiger partial charge is 0.492 e. The summed E-state index contributed by atoms with van der Waals surface area (Å²) in [6.07, 6.45) is 3.78. The number of aryl methyl sites for hydroxylation is 3. The van der Waals surface area contributed by atoms with Crippen molar-refractivity contribution in [2.24, 2.45) is 0 Å². The number of rotatable bonds is 15. The van der Waals surface area contributed by atoms with Gasteiger partial charge >= 0.3 is 12.0 Å². The fraction of sp³-hybridized carbons (Fsp3) is 0.517. The Kier molecular flexibility index (Phi) is 12.3. The predicted octanol–water partition coefficient (Wildman–Crippen LogP) is 6.14. The first-order chi connectivity index (χ1) is 17.2. The van der Waals surface area contributed by atoms with Crippen LogP contribution in [0.25, 0.3) is 0 Å². The number of benzene rings is 2. The summed E-state index contributed by atoms with van der Waals surface area (Å²) in [6.45, 7) is 11.9. The van der Waals surface area contributed by atoms with Crippen molar-refractivity contribution in [3.63, 3.8) is 0 Å². The monoisotopic (exact) mass is 498 g/mol. The molecular formula is C29H42N2O5. The topological polar surface area (TPSA) is 88.1 Å². The van der Waals surface area contributed by atoms with Crippen LogP contribution in [0.2, 0.25) is 0 Å². The molecule has 2 rings (SSSR count). The van der Waals surface area contributed by atoms with Crippen LogP contribution in [0.4, 0.5) is 10.5 Å². The van der Waals surface area contributed by atoms with Gasteiger partial charge in [-0.3, -0.25) is 0 Å². The van der Waals surface area contributed by atoms with E-state index in [0.29, 0.717) is 38.5 Å². The minimum absolute atomic E-state index is 0.118. The van der Waals surface area contributed by atoms with E-state index in [0.717, 1.165) is 48.1 Å². The molecule has 0 heterocycles. The average Bonchev–Trinajstić information content (AvgIpc) is 2.84. The van der Waals surface area contributed by atoms with Crippen molar-refractivity contribution in [3.05, 3.63) is 58.7 Å². The Morgan fingerprint density at radius 3 is 2.28 bits per heavy atom. The second-order valence-corrected chi connectivity index (χ2v) is 9.21. The smallest absolute Gasteiger partial charge is 0.333 e. The van der Waals surface area contributed by atoms with E-state index in [4.69, 9.17) is 9.47 Å². The number of ether oxygens (including phenoxy) is 2. The van der Waals surface area contributed by atoms with E-state index >= 15 is 0 Å². The molecule has 0 fully saturated rings. The second-order valence-electron chi connectivity index (χ2n) is 9.21. The number of anilines is 1. The average molecular weight is 499 g/mol.